The zero-order valence-corrected chi connectivity index (χ0v) is 6.08. The van der Waals surface area contributed by atoms with Crippen LogP contribution in [0.1, 0.15) is 5.69 Å². The van der Waals surface area contributed by atoms with Gasteiger partial charge in [0.15, 0.2) is 0 Å². The highest BCUT2D eigenvalue weighted by atomic mass is 16.4. The molecule has 0 unspecified atom stereocenters. The highest BCUT2D eigenvalue weighted by Crippen LogP contribution is 2.09. The van der Waals surface area contributed by atoms with Gasteiger partial charge in [0.2, 0.25) is 0 Å². The minimum atomic E-state index is -0.973. The molecule has 1 aromatic heterocycles. The predicted molar refractivity (Wildman–Crippen MR) is 38.9 cm³/mol. The summed E-state index contributed by atoms with van der Waals surface area (Å²) in [6.45, 7) is 0.304. The fourth-order valence-corrected chi connectivity index (χ4v) is 1.01. The van der Waals surface area contributed by atoms with Crippen LogP contribution in [0.25, 0.3) is 6.20 Å². The van der Waals surface area contributed by atoms with Gasteiger partial charge in [-0.1, -0.05) is 5.21 Å². The molecule has 1 N–H and O–H groups in total. The highest BCUT2D eigenvalue weighted by Gasteiger charge is 2.15. The van der Waals surface area contributed by atoms with Gasteiger partial charge in [0.1, 0.15) is 0 Å². The Balaban J connectivity index is 2.30. The van der Waals surface area contributed by atoms with Crippen LogP contribution in [0.4, 0.5) is 4.79 Å². The Labute approximate surface area is 67.7 Å². The second kappa shape index (κ2) is 2.33. The maximum Gasteiger partial charge on any atom is 0.411 e. The van der Waals surface area contributed by atoms with Crippen LogP contribution in [0.3, 0.4) is 0 Å². The smallest absolute Gasteiger partial charge is 0.411 e. The number of hydrogen-bond donors (Lipinski definition) is 1. The van der Waals surface area contributed by atoms with Crippen molar-refractivity contribution in [2.75, 3.05) is 0 Å². The Kier molecular flexibility index (Phi) is 1.33. The third-order valence-electron chi connectivity index (χ3n) is 1.61. The van der Waals surface area contributed by atoms with Crippen LogP contribution in [-0.2, 0) is 6.54 Å². The zero-order valence-electron chi connectivity index (χ0n) is 6.08. The van der Waals surface area contributed by atoms with Gasteiger partial charge in [0, 0.05) is 12.4 Å². The fourth-order valence-electron chi connectivity index (χ4n) is 1.01. The van der Waals surface area contributed by atoms with Crippen LogP contribution in [0, 0.1) is 0 Å². The second-order valence-corrected chi connectivity index (χ2v) is 2.38. The summed E-state index contributed by atoms with van der Waals surface area (Å²) < 4.78 is 1.54. The van der Waals surface area contributed by atoms with E-state index in [1.54, 1.807) is 17.1 Å². The van der Waals surface area contributed by atoms with Crippen molar-refractivity contribution in [3.05, 3.63) is 18.1 Å². The lowest BCUT2D eigenvalue weighted by atomic mass is 10.4. The van der Waals surface area contributed by atoms with Gasteiger partial charge in [-0.2, -0.15) is 0 Å². The monoisotopic (exact) mass is 166 g/mol. The predicted octanol–water partition coefficient (Wildman–Crippen LogP) is 0.200. The summed E-state index contributed by atoms with van der Waals surface area (Å²) in [5.74, 6) is 0. The third-order valence-corrected chi connectivity index (χ3v) is 1.61. The van der Waals surface area contributed by atoms with Crippen molar-refractivity contribution in [1.82, 2.24) is 19.9 Å². The first-order valence-electron chi connectivity index (χ1n) is 3.34. The van der Waals surface area contributed by atoms with E-state index in [9.17, 15) is 4.79 Å². The molecule has 12 heavy (non-hydrogen) atoms. The number of nitrogens with zero attached hydrogens (tertiary/aromatic N) is 4. The summed E-state index contributed by atoms with van der Waals surface area (Å²) in [5, 5.41) is 16.0. The first kappa shape index (κ1) is 6.84. The molecule has 0 spiro atoms. The maximum atomic E-state index is 10.5. The first-order valence-corrected chi connectivity index (χ1v) is 3.34. The molecule has 0 radical (unpaired) electrons. The van der Waals surface area contributed by atoms with Gasteiger partial charge >= 0.3 is 6.09 Å². The molecule has 0 aliphatic carbocycles. The third kappa shape index (κ3) is 0.931. The minimum absolute atomic E-state index is 0.304. The van der Waals surface area contributed by atoms with Crippen LogP contribution < -0.4 is 0 Å². The van der Waals surface area contributed by atoms with E-state index in [2.05, 4.69) is 10.3 Å². The van der Waals surface area contributed by atoms with Crippen molar-refractivity contribution in [3.8, 4) is 0 Å². The Morgan fingerprint density at radius 3 is 3.17 bits per heavy atom. The summed E-state index contributed by atoms with van der Waals surface area (Å²) >= 11 is 0. The Morgan fingerprint density at radius 2 is 2.42 bits per heavy atom. The molecule has 0 aromatic carbocycles. The van der Waals surface area contributed by atoms with Crippen molar-refractivity contribution in [1.29, 1.82) is 0 Å². The van der Waals surface area contributed by atoms with Gasteiger partial charge < -0.3 is 5.11 Å². The van der Waals surface area contributed by atoms with Crippen molar-refractivity contribution in [2.24, 2.45) is 0 Å². The molecule has 2 rings (SSSR count). The number of aromatic nitrogens is 3. The van der Waals surface area contributed by atoms with Crippen molar-refractivity contribution in [2.45, 2.75) is 6.54 Å². The van der Waals surface area contributed by atoms with Gasteiger partial charge in [-0.15, -0.1) is 5.10 Å². The molecule has 1 aromatic rings. The lowest BCUT2D eigenvalue weighted by molar-refractivity contribution is 0.159. The van der Waals surface area contributed by atoms with Crippen molar-refractivity contribution >= 4 is 12.3 Å². The fraction of sp³-hybridized carbons (Fsp3) is 0.167. The van der Waals surface area contributed by atoms with Crippen molar-refractivity contribution in [3.63, 3.8) is 0 Å². The van der Waals surface area contributed by atoms with E-state index < -0.39 is 6.09 Å². The van der Waals surface area contributed by atoms with Gasteiger partial charge in [-0.05, 0) is 0 Å². The van der Waals surface area contributed by atoms with E-state index in [0.717, 1.165) is 5.69 Å². The van der Waals surface area contributed by atoms with Crippen LogP contribution in [0.15, 0.2) is 12.4 Å². The van der Waals surface area contributed by atoms with E-state index in [4.69, 9.17) is 5.11 Å². The standard InChI is InChI=1S/C6H6N4O2/c11-6(12)9-1-2-10-5(4-9)3-7-8-10/h1-3H,4H2,(H,11,12). The topological polar surface area (TPSA) is 71.2 Å². The van der Waals surface area contributed by atoms with Crippen LogP contribution >= 0.6 is 0 Å². The lowest BCUT2D eigenvalue weighted by Crippen LogP contribution is -2.26. The van der Waals surface area contributed by atoms with Gasteiger partial charge in [-0.25, -0.2) is 9.48 Å². The molecule has 0 saturated heterocycles. The normalized spacial score (nSPS) is 14.5. The van der Waals surface area contributed by atoms with Gasteiger partial charge in [0.05, 0.1) is 18.4 Å². The molecule has 1 aliphatic heterocycles. The molecule has 2 heterocycles. The molecule has 62 valence electrons. The zero-order chi connectivity index (χ0) is 8.55. The summed E-state index contributed by atoms with van der Waals surface area (Å²) in [4.78, 5) is 11.7. The molecule has 0 fully saturated rings. The second-order valence-electron chi connectivity index (χ2n) is 2.38. The average Bonchev–Trinajstić information content (AvgIpc) is 2.49. The van der Waals surface area contributed by atoms with E-state index in [1.165, 1.54) is 11.1 Å². The molecule has 0 saturated carbocycles. The summed E-state index contributed by atoms with van der Waals surface area (Å²) in [6.07, 6.45) is 3.57. The molecule has 1 aliphatic rings. The lowest BCUT2D eigenvalue weighted by Gasteiger charge is -2.17. The van der Waals surface area contributed by atoms with Crippen LogP contribution in [0.5, 0.6) is 0 Å². The summed E-state index contributed by atoms with van der Waals surface area (Å²) in [6, 6.07) is 0. The van der Waals surface area contributed by atoms with Crippen LogP contribution in [-0.4, -0.2) is 31.1 Å². The molecule has 6 nitrogen and oxygen atoms in total. The SMILES string of the molecule is O=C(O)N1C=Cn2nncc2C1. The summed E-state index contributed by atoms with van der Waals surface area (Å²) in [5.41, 5.74) is 0.764. The highest BCUT2D eigenvalue weighted by molar-refractivity contribution is 5.67. The molecule has 0 bridgehead atoms. The average molecular weight is 166 g/mol. The minimum Gasteiger partial charge on any atom is -0.465 e. The number of hydrogen-bond acceptors (Lipinski definition) is 3. The Hall–Kier alpha value is -1.85. The van der Waals surface area contributed by atoms with E-state index >= 15 is 0 Å². The van der Waals surface area contributed by atoms with Crippen molar-refractivity contribution < 1.29 is 9.90 Å². The number of carbonyl (C=O) groups is 1. The molecular weight excluding hydrogens is 160 g/mol. The number of rotatable bonds is 0. The first-order chi connectivity index (χ1) is 5.77. The molecular formula is C6H6N4O2. The van der Waals surface area contributed by atoms with Crippen LogP contribution in [0.2, 0.25) is 0 Å². The van der Waals surface area contributed by atoms with Gasteiger partial charge in [0.25, 0.3) is 0 Å². The maximum absolute atomic E-state index is 10.5. The number of carboxylic acid groups (broad SMARTS) is 1. The number of amides is 1. The summed E-state index contributed by atoms with van der Waals surface area (Å²) in [7, 11) is 0. The van der Waals surface area contributed by atoms with E-state index in [-0.39, 0.29) is 0 Å². The Bertz CT molecular complexity index is 343. The molecule has 0 atom stereocenters. The largest absolute Gasteiger partial charge is 0.465 e. The Morgan fingerprint density at radius 1 is 1.58 bits per heavy atom. The molecule has 1 amide bonds. The number of fused-ring (bicyclic) bond motifs is 1. The van der Waals surface area contributed by atoms with E-state index in [1.807, 2.05) is 0 Å². The quantitative estimate of drug-likeness (QED) is 0.597. The van der Waals surface area contributed by atoms with E-state index in [0.29, 0.717) is 6.54 Å². The van der Waals surface area contributed by atoms with Gasteiger partial charge in [-0.3, -0.25) is 4.90 Å². The molecule has 6 heteroatoms.